The van der Waals surface area contributed by atoms with Crippen LogP contribution in [-0.4, -0.2) is 54.8 Å². The van der Waals surface area contributed by atoms with Crippen molar-refractivity contribution in [3.8, 4) is 0 Å². The first-order valence-electron chi connectivity index (χ1n) is 7.91. The molecule has 1 aliphatic rings. The number of rotatable bonds is 7. The molecule has 0 radical (unpaired) electrons. The van der Waals surface area contributed by atoms with E-state index in [1.165, 1.54) is 11.3 Å². The number of esters is 1. The number of hydrogen-bond donors (Lipinski definition) is 2. The largest absolute Gasteiger partial charge is 0.461 e. The number of aliphatic hydroxyl groups is 1. The molecular weight excluding hydrogens is 318 g/mol. The minimum Gasteiger partial charge on any atom is -0.461 e. The van der Waals surface area contributed by atoms with Crippen molar-refractivity contribution in [3.05, 3.63) is 11.1 Å². The van der Waals surface area contributed by atoms with E-state index in [-0.39, 0.29) is 18.4 Å². The SMILES string of the molecule is CCOC(=O)c1csc(N2CCC(C(=O)NCCCO)CC2)n1. The Hall–Kier alpha value is -1.67. The van der Waals surface area contributed by atoms with Crippen molar-refractivity contribution < 1.29 is 19.4 Å². The van der Waals surface area contributed by atoms with Gasteiger partial charge in [0, 0.05) is 37.5 Å². The van der Waals surface area contributed by atoms with E-state index in [0.29, 0.717) is 25.3 Å². The van der Waals surface area contributed by atoms with Crippen LogP contribution in [0.3, 0.4) is 0 Å². The fraction of sp³-hybridized carbons (Fsp3) is 0.667. The molecule has 1 saturated heterocycles. The summed E-state index contributed by atoms with van der Waals surface area (Å²) in [6.45, 7) is 4.20. The molecule has 1 aliphatic heterocycles. The zero-order valence-electron chi connectivity index (χ0n) is 13.3. The van der Waals surface area contributed by atoms with Gasteiger partial charge < -0.3 is 20.1 Å². The second-order valence-electron chi connectivity index (χ2n) is 5.37. The Morgan fingerprint density at radius 1 is 1.48 bits per heavy atom. The third-order valence-electron chi connectivity index (χ3n) is 3.75. The Morgan fingerprint density at radius 2 is 2.22 bits per heavy atom. The number of aliphatic hydroxyl groups excluding tert-OH is 1. The van der Waals surface area contributed by atoms with Crippen molar-refractivity contribution in [1.82, 2.24) is 10.3 Å². The maximum atomic E-state index is 12.0. The average molecular weight is 341 g/mol. The summed E-state index contributed by atoms with van der Waals surface area (Å²) >= 11 is 1.42. The molecule has 1 fully saturated rings. The molecule has 0 atom stereocenters. The maximum absolute atomic E-state index is 12.0. The molecule has 8 heteroatoms. The van der Waals surface area contributed by atoms with Gasteiger partial charge in [-0.15, -0.1) is 11.3 Å². The summed E-state index contributed by atoms with van der Waals surface area (Å²) < 4.78 is 4.94. The highest BCUT2D eigenvalue weighted by atomic mass is 32.1. The maximum Gasteiger partial charge on any atom is 0.357 e. The summed E-state index contributed by atoms with van der Waals surface area (Å²) in [6.07, 6.45) is 2.11. The molecule has 2 rings (SSSR count). The van der Waals surface area contributed by atoms with E-state index in [1.807, 2.05) is 0 Å². The lowest BCUT2D eigenvalue weighted by atomic mass is 9.96. The van der Waals surface area contributed by atoms with Crippen LogP contribution in [0.25, 0.3) is 0 Å². The third-order valence-corrected chi connectivity index (χ3v) is 4.65. The van der Waals surface area contributed by atoms with Crippen LogP contribution in [0.2, 0.25) is 0 Å². The van der Waals surface area contributed by atoms with E-state index < -0.39 is 5.97 Å². The topological polar surface area (TPSA) is 91.8 Å². The van der Waals surface area contributed by atoms with Crippen LogP contribution in [0.5, 0.6) is 0 Å². The smallest absolute Gasteiger partial charge is 0.357 e. The Morgan fingerprint density at radius 3 is 2.87 bits per heavy atom. The number of carbonyl (C=O) groups is 2. The van der Waals surface area contributed by atoms with Crippen LogP contribution in [0, 0.1) is 5.92 Å². The van der Waals surface area contributed by atoms with Gasteiger partial charge in [0.1, 0.15) is 0 Å². The summed E-state index contributed by atoms with van der Waals surface area (Å²) in [5.74, 6) is -0.327. The molecule has 1 aromatic rings. The zero-order valence-corrected chi connectivity index (χ0v) is 14.1. The van der Waals surface area contributed by atoms with Crippen LogP contribution in [-0.2, 0) is 9.53 Å². The van der Waals surface area contributed by atoms with Crippen LogP contribution in [0.4, 0.5) is 5.13 Å². The fourth-order valence-corrected chi connectivity index (χ4v) is 3.32. The lowest BCUT2D eigenvalue weighted by Gasteiger charge is -2.31. The van der Waals surface area contributed by atoms with Crippen molar-refractivity contribution in [3.63, 3.8) is 0 Å². The Labute approximate surface area is 139 Å². The third kappa shape index (κ3) is 4.90. The molecule has 7 nitrogen and oxygen atoms in total. The quantitative estimate of drug-likeness (QED) is 0.569. The van der Waals surface area contributed by atoms with Crippen LogP contribution in [0.1, 0.15) is 36.7 Å². The number of nitrogens with one attached hydrogen (secondary N) is 1. The number of hydrogen-bond acceptors (Lipinski definition) is 7. The molecule has 0 aliphatic carbocycles. The molecule has 2 N–H and O–H groups in total. The Kier molecular flexibility index (Phi) is 6.79. The van der Waals surface area contributed by atoms with E-state index in [2.05, 4.69) is 15.2 Å². The van der Waals surface area contributed by atoms with Crippen molar-refractivity contribution in [2.45, 2.75) is 26.2 Å². The van der Waals surface area contributed by atoms with Gasteiger partial charge in [0.05, 0.1) is 6.61 Å². The van der Waals surface area contributed by atoms with Crippen molar-refractivity contribution >= 4 is 28.3 Å². The molecule has 0 spiro atoms. The molecule has 128 valence electrons. The van der Waals surface area contributed by atoms with Gasteiger partial charge in [0.25, 0.3) is 0 Å². The summed E-state index contributed by atoms with van der Waals surface area (Å²) in [6, 6.07) is 0. The molecule has 1 aromatic heterocycles. The number of carbonyl (C=O) groups excluding carboxylic acids is 2. The van der Waals surface area contributed by atoms with E-state index in [9.17, 15) is 9.59 Å². The standard InChI is InChI=1S/C15H23N3O4S/c1-2-22-14(21)12-10-23-15(17-12)18-7-4-11(5-8-18)13(20)16-6-3-9-19/h10-11,19H,2-9H2,1H3,(H,16,20). The minimum absolute atomic E-state index is 0.00873. The molecule has 0 bridgehead atoms. The minimum atomic E-state index is -0.395. The molecule has 0 aromatic carbocycles. The summed E-state index contributed by atoms with van der Waals surface area (Å²) in [5.41, 5.74) is 0.343. The van der Waals surface area contributed by atoms with Gasteiger partial charge in [-0.05, 0) is 26.2 Å². The second kappa shape index (κ2) is 8.83. The van der Waals surface area contributed by atoms with Gasteiger partial charge in [0.2, 0.25) is 5.91 Å². The highest BCUT2D eigenvalue weighted by Gasteiger charge is 2.26. The molecule has 23 heavy (non-hydrogen) atoms. The highest BCUT2D eigenvalue weighted by molar-refractivity contribution is 7.13. The monoisotopic (exact) mass is 341 g/mol. The molecule has 0 unspecified atom stereocenters. The van der Waals surface area contributed by atoms with Crippen molar-refractivity contribution in [2.24, 2.45) is 5.92 Å². The number of thiazole rings is 1. The number of nitrogens with zero attached hydrogens (tertiary/aromatic N) is 2. The number of amides is 1. The van der Waals surface area contributed by atoms with Gasteiger partial charge in [-0.2, -0.15) is 0 Å². The van der Waals surface area contributed by atoms with Gasteiger partial charge in [-0.3, -0.25) is 4.79 Å². The summed E-state index contributed by atoms with van der Waals surface area (Å²) in [5, 5.41) is 14.1. The molecular formula is C15H23N3O4S. The lowest BCUT2D eigenvalue weighted by Crippen LogP contribution is -2.40. The van der Waals surface area contributed by atoms with Gasteiger partial charge in [0.15, 0.2) is 10.8 Å². The highest BCUT2D eigenvalue weighted by Crippen LogP contribution is 2.26. The number of anilines is 1. The van der Waals surface area contributed by atoms with E-state index in [1.54, 1.807) is 12.3 Å². The Balaban J connectivity index is 1.82. The number of ether oxygens (including phenoxy) is 1. The van der Waals surface area contributed by atoms with Gasteiger partial charge in [-0.25, -0.2) is 9.78 Å². The van der Waals surface area contributed by atoms with E-state index in [0.717, 1.165) is 31.1 Å². The number of aromatic nitrogens is 1. The molecule has 1 amide bonds. The second-order valence-corrected chi connectivity index (χ2v) is 6.20. The first-order valence-corrected chi connectivity index (χ1v) is 8.79. The molecule has 2 heterocycles. The predicted molar refractivity (Wildman–Crippen MR) is 87.7 cm³/mol. The summed E-state index contributed by atoms with van der Waals surface area (Å²) in [4.78, 5) is 30.1. The first-order chi connectivity index (χ1) is 11.2. The van der Waals surface area contributed by atoms with Crippen LogP contribution in [0.15, 0.2) is 5.38 Å². The average Bonchev–Trinajstić information content (AvgIpc) is 3.05. The fourth-order valence-electron chi connectivity index (χ4n) is 2.48. The Bertz CT molecular complexity index is 527. The molecule has 0 saturated carbocycles. The van der Waals surface area contributed by atoms with Crippen LogP contribution < -0.4 is 10.2 Å². The van der Waals surface area contributed by atoms with Gasteiger partial charge in [-0.1, -0.05) is 0 Å². The van der Waals surface area contributed by atoms with Crippen molar-refractivity contribution in [2.75, 3.05) is 37.7 Å². The van der Waals surface area contributed by atoms with Crippen LogP contribution >= 0.6 is 11.3 Å². The zero-order chi connectivity index (χ0) is 16.7. The predicted octanol–water partition coefficient (Wildman–Crippen LogP) is 1.03. The number of piperidine rings is 1. The summed E-state index contributed by atoms with van der Waals surface area (Å²) in [7, 11) is 0. The normalized spacial score (nSPS) is 15.5. The van der Waals surface area contributed by atoms with E-state index in [4.69, 9.17) is 9.84 Å². The van der Waals surface area contributed by atoms with Gasteiger partial charge >= 0.3 is 5.97 Å². The van der Waals surface area contributed by atoms with Crippen molar-refractivity contribution in [1.29, 1.82) is 0 Å². The first kappa shape index (κ1) is 17.7. The lowest BCUT2D eigenvalue weighted by molar-refractivity contribution is -0.125. The van der Waals surface area contributed by atoms with E-state index >= 15 is 0 Å².